The Kier molecular flexibility index (Phi) is 6.59. The molecule has 3 rings (SSSR count). The van der Waals surface area contributed by atoms with Crippen molar-refractivity contribution in [1.29, 1.82) is 0 Å². The topological polar surface area (TPSA) is 93.1 Å². The van der Waals surface area contributed by atoms with Crippen LogP contribution in [0.3, 0.4) is 0 Å². The molecule has 160 valence electrons. The molecule has 0 saturated carbocycles. The molecule has 2 aromatic carbocycles. The second-order valence-electron chi connectivity index (χ2n) is 7.38. The molecule has 0 aliphatic rings. The highest BCUT2D eigenvalue weighted by molar-refractivity contribution is 5.94. The molecule has 0 unspecified atom stereocenters. The van der Waals surface area contributed by atoms with Crippen LogP contribution >= 0.6 is 0 Å². The van der Waals surface area contributed by atoms with Crippen molar-refractivity contribution in [3.63, 3.8) is 0 Å². The van der Waals surface area contributed by atoms with Crippen LogP contribution in [0.1, 0.15) is 26.8 Å². The molecule has 0 aliphatic heterocycles. The molecule has 3 aromatic rings. The summed E-state index contributed by atoms with van der Waals surface area (Å²) in [5.41, 5.74) is 0.978. The average Bonchev–Trinajstić information content (AvgIpc) is 2.76. The molecule has 0 radical (unpaired) electrons. The summed E-state index contributed by atoms with van der Waals surface area (Å²) in [5.74, 6) is -1.59. The van der Waals surface area contributed by atoms with Crippen LogP contribution in [0.5, 0.6) is 0 Å². The Balaban J connectivity index is 2.00. The summed E-state index contributed by atoms with van der Waals surface area (Å²) in [4.78, 5) is 38.0. The van der Waals surface area contributed by atoms with E-state index in [1.54, 1.807) is 13.8 Å². The second-order valence-corrected chi connectivity index (χ2v) is 7.38. The monoisotopic (exact) mass is 422 g/mol. The van der Waals surface area contributed by atoms with Gasteiger partial charge in [0.05, 0.1) is 5.69 Å². The highest BCUT2D eigenvalue weighted by Gasteiger charge is 2.22. The van der Waals surface area contributed by atoms with E-state index in [1.165, 1.54) is 37.3 Å². The lowest BCUT2D eigenvalue weighted by Crippen LogP contribution is -2.36. The Labute approximate surface area is 178 Å². The smallest absolute Gasteiger partial charge is 0.291 e. The molecule has 0 bridgehead atoms. The van der Waals surface area contributed by atoms with Crippen molar-refractivity contribution in [2.24, 2.45) is 5.92 Å². The van der Waals surface area contributed by atoms with Crippen molar-refractivity contribution >= 4 is 23.2 Å². The number of nitrogens with zero attached hydrogens (tertiary/aromatic N) is 2. The fourth-order valence-electron chi connectivity index (χ4n) is 2.78. The number of nitrogens with one attached hydrogen (secondary N) is 2. The quantitative estimate of drug-likeness (QED) is 0.631. The first-order valence-electron chi connectivity index (χ1n) is 9.83. The van der Waals surface area contributed by atoms with Crippen molar-refractivity contribution in [3.8, 4) is 11.3 Å². The maximum Gasteiger partial charge on any atom is 0.291 e. The maximum atomic E-state index is 13.1. The Hall–Kier alpha value is -3.81. The molecule has 1 aromatic heterocycles. The van der Waals surface area contributed by atoms with Crippen molar-refractivity contribution in [2.45, 2.75) is 26.8 Å². The van der Waals surface area contributed by atoms with E-state index in [4.69, 9.17) is 0 Å². The Morgan fingerprint density at radius 1 is 0.935 bits per heavy atom. The van der Waals surface area contributed by atoms with Crippen LogP contribution in [-0.4, -0.2) is 21.6 Å². The van der Waals surface area contributed by atoms with Crippen molar-refractivity contribution in [3.05, 3.63) is 76.8 Å². The predicted octanol–water partition coefficient (Wildman–Crippen LogP) is 3.84. The van der Waals surface area contributed by atoms with E-state index in [0.29, 0.717) is 11.4 Å². The van der Waals surface area contributed by atoms with Gasteiger partial charge >= 0.3 is 0 Å². The molecule has 1 atom stereocenters. The van der Waals surface area contributed by atoms with Gasteiger partial charge in [0.1, 0.15) is 17.5 Å². The van der Waals surface area contributed by atoms with E-state index in [0.717, 1.165) is 10.2 Å². The SMILES string of the molecule is CC(C)C(=O)Nc1cc(-c2ccccc2)nn([C@@H](C)C(=O)Nc2ccc(F)cc2)c1=O. The van der Waals surface area contributed by atoms with E-state index in [2.05, 4.69) is 15.7 Å². The van der Waals surface area contributed by atoms with Gasteiger partial charge in [0.25, 0.3) is 5.56 Å². The number of anilines is 2. The maximum absolute atomic E-state index is 13.1. The molecular formula is C23H23FN4O3. The van der Waals surface area contributed by atoms with Crippen LogP contribution in [0.4, 0.5) is 15.8 Å². The number of carbonyl (C=O) groups is 2. The van der Waals surface area contributed by atoms with Gasteiger partial charge in [-0.1, -0.05) is 44.2 Å². The number of halogens is 1. The van der Waals surface area contributed by atoms with Crippen molar-refractivity contribution in [2.75, 3.05) is 10.6 Å². The lowest BCUT2D eigenvalue weighted by Gasteiger charge is -2.17. The molecule has 31 heavy (non-hydrogen) atoms. The van der Waals surface area contributed by atoms with Gasteiger partial charge in [0, 0.05) is 17.2 Å². The summed E-state index contributed by atoms with van der Waals surface area (Å²) in [6.45, 7) is 4.95. The summed E-state index contributed by atoms with van der Waals surface area (Å²) >= 11 is 0. The number of carbonyl (C=O) groups excluding carboxylic acids is 2. The van der Waals surface area contributed by atoms with Crippen molar-refractivity contribution in [1.82, 2.24) is 9.78 Å². The third-order valence-electron chi connectivity index (χ3n) is 4.64. The van der Waals surface area contributed by atoms with Gasteiger partial charge in [-0.3, -0.25) is 14.4 Å². The number of hydrogen-bond donors (Lipinski definition) is 2. The normalized spacial score (nSPS) is 11.8. The molecular weight excluding hydrogens is 399 g/mol. The molecule has 2 N–H and O–H groups in total. The highest BCUT2D eigenvalue weighted by Crippen LogP contribution is 2.20. The molecule has 1 heterocycles. The number of benzene rings is 2. The summed E-state index contributed by atoms with van der Waals surface area (Å²) in [6.07, 6.45) is 0. The highest BCUT2D eigenvalue weighted by atomic mass is 19.1. The molecule has 0 saturated heterocycles. The van der Waals surface area contributed by atoms with Crippen LogP contribution in [0.25, 0.3) is 11.3 Å². The fraction of sp³-hybridized carbons (Fsp3) is 0.217. The number of hydrogen-bond acceptors (Lipinski definition) is 4. The number of aromatic nitrogens is 2. The Morgan fingerprint density at radius 3 is 2.19 bits per heavy atom. The van der Waals surface area contributed by atoms with Gasteiger partial charge in [-0.2, -0.15) is 5.10 Å². The van der Waals surface area contributed by atoms with E-state index >= 15 is 0 Å². The molecule has 8 heteroatoms. The summed E-state index contributed by atoms with van der Waals surface area (Å²) < 4.78 is 14.1. The minimum atomic E-state index is -0.990. The second kappa shape index (κ2) is 9.34. The van der Waals surface area contributed by atoms with Gasteiger partial charge in [0.2, 0.25) is 11.8 Å². The average molecular weight is 422 g/mol. The Morgan fingerprint density at radius 2 is 1.58 bits per heavy atom. The van der Waals surface area contributed by atoms with Gasteiger partial charge in [-0.15, -0.1) is 0 Å². The molecule has 0 spiro atoms. The molecule has 0 aliphatic carbocycles. The number of rotatable bonds is 6. The van der Waals surface area contributed by atoms with Crippen LogP contribution in [-0.2, 0) is 9.59 Å². The lowest BCUT2D eigenvalue weighted by atomic mass is 10.1. The largest absolute Gasteiger partial charge is 0.324 e. The van der Waals surface area contributed by atoms with Crippen molar-refractivity contribution < 1.29 is 14.0 Å². The minimum absolute atomic E-state index is 0.0361. The van der Waals surface area contributed by atoms with E-state index < -0.39 is 23.3 Å². The third-order valence-corrected chi connectivity index (χ3v) is 4.64. The van der Waals surface area contributed by atoms with Crippen LogP contribution in [0.15, 0.2) is 65.5 Å². The molecule has 0 fully saturated rings. The lowest BCUT2D eigenvalue weighted by molar-refractivity contribution is -0.119. The number of amides is 2. The summed E-state index contributed by atoms with van der Waals surface area (Å²) in [6, 6.07) is 14.9. The minimum Gasteiger partial charge on any atom is -0.324 e. The van der Waals surface area contributed by atoms with E-state index in [1.807, 2.05) is 30.3 Å². The zero-order valence-corrected chi connectivity index (χ0v) is 17.4. The Bertz CT molecular complexity index is 1140. The fourth-order valence-corrected chi connectivity index (χ4v) is 2.78. The first kappa shape index (κ1) is 21.9. The standard InChI is InChI=1S/C23H23FN4O3/c1-14(2)21(29)26-20-13-19(16-7-5-4-6-8-16)27-28(23(20)31)15(3)22(30)25-18-11-9-17(24)10-12-18/h4-15H,1-3H3,(H,25,30)(H,26,29)/t15-/m0/s1. The zero-order chi connectivity index (χ0) is 22.5. The first-order chi connectivity index (χ1) is 14.8. The van der Waals surface area contributed by atoms with E-state index in [-0.39, 0.29) is 17.5 Å². The van der Waals surface area contributed by atoms with E-state index in [9.17, 15) is 18.8 Å². The van der Waals surface area contributed by atoms with Gasteiger partial charge < -0.3 is 10.6 Å². The van der Waals surface area contributed by atoms with Gasteiger partial charge in [-0.25, -0.2) is 9.07 Å². The summed E-state index contributed by atoms with van der Waals surface area (Å²) in [5, 5.41) is 9.63. The van der Waals surface area contributed by atoms with Crippen LogP contribution < -0.4 is 16.2 Å². The first-order valence-corrected chi connectivity index (χ1v) is 9.83. The molecule has 2 amide bonds. The van der Waals surface area contributed by atoms with Gasteiger partial charge in [0.15, 0.2) is 0 Å². The zero-order valence-electron chi connectivity index (χ0n) is 17.4. The third kappa shape index (κ3) is 5.22. The molecule has 7 nitrogen and oxygen atoms in total. The van der Waals surface area contributed by atoms with Gasteiger partial charge in [-0.05, 0) is 37.3 Å². The predicted molar refractivity (Wildman–Crippen MR) is 117 cm³/mol. The van der Waals surface area contributed by atoms with Crippen LogP contribution in [0, 0.1) is 11.7 Å². The van der Waals surface area contributed by atoms with Crippen LogP contribution in [0.2, 0.25) is 0 Å². The summed E-state index contributed by atoms with van der Waals surface area (Å²) in [7, 11) is 0.